The molecule has 0 spiro atoms. The fourth-order valence-corrected chi connectivity index (χ4v) is 4.09. The van der Waals surface area contributed by atoms with Crippen LogP contribution >= 0.6 is 0 Å². The summed E-state index contributed by atoms with van der Waals surface area (Å²) >= 11 is 0. The van der Waals surface area contributed by atoms with Gasteiger partial charge in [-0.1, -0.05) is 12.1 Å². The Kier molecular flexibility index (Phi) is 2.96. The molecule has 0 radical (unpaired) electrons. The molecule has 0 saturated carbocycles. The lowest BCUT2D eigenvalue weighted by Gasteiger charge is -2.36. The summed E-state index contributed by atoms with van der Waals surface area (Å²) < 4.78 is 16.2. The van der Waals surface area contributed by atoms with E-state index >= 15 is 0 Å². The Balaban J connectivity index is 1.78. The van der Waals surface area contributed by atoms with Crippen LogP contribution in [0.15, 0.2) is 18.2 Å². The number of ketones is 2. The number of carbonyl (C=O) groups is 3. The molecule has 1 aromatic carbocycles. The molecule has 4 rings (SSSR count). The molecule has 1 aromatic rings. The lowest BCUT2D eigenvalue weighted by atomic mass is 9.68. The number of Topliss-reactive ketones (excluding diaryl/α,β-unsaturated/α-hetero) is 2. The Labute approximate surface area is 137 Å². The van der Waals surface area contributed by atoms with E-state index in [0.717, 1.165) is 0 Å². The number of esters is 1. The smallest absolute Gasteiger partial charge is 0.308 e. The summed E-state index contributed by atoms with van der Waals surface area (Å²) in [6, 6.07) is 4.38. The predicted molar refractivity (Wildman–Crippen MR) is 78.9 cm³/mol. The number of fused-ring (bicyclic) bond motifs is 1. The number of benzene rings is 1. The highest BCUT2D eigenvalue weighted by Gasteiger charge is 2.85. The summed E-state index contributed by atoms with van der Waals surface area (Å²) in [7, 11) is 1.28. The van der Waals surface area contributed by atoms with E-state index in [1.54, 1.807) is 6.92 Å². The fourth-order valence-electron chi connectivity index (χ4n) is 4.09. The van der Waals surface area contributed by atoms with Gasteiger partial charge in [0.2, 0.25) is 5.78 Å². The number of phenolic OH excluding ortho intramolecular Hbond substituents is 1. The summed E-state index contributed by atoms with van der Waals surface area (Å²) in [5.41, 5.74) is -2.60. The van der Waals surface area contributed by atoms with Crippen molar-refractivity contribution in [3.63, 3.8) is 0 Å². The van der Waals surface area contributed by atoms with Crippen LogP contribution in [0.25, 0.3) is 0 Å². The maximum atomic E-state index is 13.0. The van der Waals surface area contributed by atoms with Crippen LogP contribution in [-0.4, -0.2) is 53.2 Å². The molecular weight excluding hydrogens is 316 g/mol. The molecule has 7 heteroatoms. The lowest BCUT2D eigenvalue weighted by molar-refractivity contribution is -0.146. The van der Waals surface area contributed by atoms with Crippen LogP contribution in [0.2, 0.25) is 0 Å². The van der Waals surface area contributed by atoms with E-state index in [4.69, 9.17) is 9.47 Å². The highest BCUT2D eigenvalue weighted by molar-refractivity contribution is 6.26. The average Bonchev–Trinajstić information content (AvgIpc) is 3.25. The zero-order chi connectivity index (χ0) is 17.3. The molecular formula is C17H16O7. The van der Waals surface area contributed by atoms with Gasteiger partial charge in [-0.3, -0.25) is 14.4 Å². The summed E-state index contributed by atoms with van der Waals surface area (Å²) in [5.74, 6) is -1.49. The summed E-state index contributed by atoms with van der Waals surface area (Å²) in [6.07, 6.45) is -1.20. The van der Waals surface area contributed by atoms with Gasteiger partial charge < -0.3 is 19.3 Å². The molecule has 2 saturated heterocycles. The minimum absolute atomic E-state index is 0.0162. The minimum atomic E-state index is -1.41. The molecule has 0 unspecified atom stereocenters. The maximum absolute atomic E-state index is 13.0. The molecule has 2 aliphatic heterocycles. The van der Waals surface area contributed by atoms with Gasteiger partial charge in [0, 0.05) is 12.0 Å². The van der Waals surface area contributed by atoms with Crippen molar-refractivity contribution in [2.75, 3.05) is 7.11 Å². The Morgan fingerprint density at radius 2 is 2.12 bits per heavy atom. The van der Waals surface area contributed by atoms with Crippen molar-refractivity contribution in [1.82, 2.24) is 0 Å². The van der Waals surface area contributed by atoms with Crippen LogP contribution in [0.3, 0.4) is 0 Å². The van der Waals surface area contributed by atoms with Gasteiger partial charge in [-0.25, -0.2) is 0 Å². The Morgan fingerprint density at radius 1 is 1.38 bits per heavy atom. The van der Waals surface area contributed by atoms with E-state index in [9.17, 15) is 19.5 Å². The quantitative estimate of drug-likeness (QED) is 0.637. The first kappa shape index (κ1) is 15.3. The second-order valence-corrected chi connectivity index (χ2v) is 6.41. The van der Waals surface area contributed by atoms with Crippen molar-refractivity contribution >= 4 is 17.5 Å². The standard InChI is InChI=1S/C17H16O7/c1-8-17-15(21)13-10(4-3-5-11(13)18)14(20)16(17,24-17)7-9(23-8)6-12(19)22-2/h3-5,8-9,18H,6-7H2,1-2H3/t8-,9+,16+,17-/m1/s1. The van der Waals surface area contributed by atoms with Gasteiger partial charge in [-0.05, 0) is 13.0 Å². The normalized spacial score (nSPS) is 36.4. The highest BCUT2D eigenvalue weighted by atomic mass is 16.7. The monoisotopic (exact) mass is 332 g/mol. The van der Waals surface area contributed by atoms with Crippen LogP contribution in [0.4, 0.5) is 0 Å². The second-order valence-electron chi connectivity index (χ2n) is 6.41. The average molecular weight is 332 g/mol. The Morgan fingerprint density at radius 3 is 2.83 bits per heavy atom. The predicted octanol–water partition coefficient (Wildman–Crippen LogP) is 1.02. The van der Waals surface area contributed by atoms with E-state index in [1.165, 1.54) is 25.3 Å². The SMILES string of the molecule is COC(=O)C[C@H]1C[C@@]23O[C@@]2(C(=O)c2c(O)cccc2C3=O)[C@@H](C)O1. The number of hydrogen-bond donors (Lipinski definition) is 1. The van der Waals surface area contributed by atoms with Crippen LogP contribution in [0.1, 0.15) is 40.5 Å². The van der Waals surface area contributed by atoms with Gasteiger partial charge in [0.25, 0.3) is 0 Å². The lowest BCUT2D eigenvalue weighted by Crippen LogP contribution is -2.57. The molecule has 2 heterocycles. The first-order chi connectivity index (χ1) is 11.4. The van der Waals surface area contributed by atoms with Crippen molar-refractivity contribution in [3.05, 3.63) is 29.3 Å². The van der Waals surface area contributed by atoms with Crippen LogP contribution in [0.5, 0.6) is 5.75 Å². The molecule has 0 bridgehead atoms. The number of methoxy groups -OCH3 is 1. The zero-order valence-electron chi connectivity index (χ0n) is 13.2. The first-order valence-corrected chi connectivity index (χ1v) is 7.71. The van der Waals surface area contributed by atoms with Crippen LogP contribution in [-0.2, 0) is 19.0 Å². The molecule has 0 aromatic heterocycles. The minimum Gasteiger partial charge on any atom is -0.507 e. The zero-order valence-corrected chi connectivity index (χ0v) is 13.2. The van der Waals surface area contributed by atoms with E-state index in [1.807, 2.05) is 0 Å². The van der Waals surface area contributed by atoms with Crippen LogP contribution in [0, 0.1) is 0 Å². The second kappa shape index (κ2) is 4.64. The largest absolute Gasteiger partial charge is 0.507 e. The summed E-state index contributed by atoms with van der Waals surface area (Å²) in [6.45, 7) is 1.64. The first-order valence-electron chi connectivity index (χ1n) is 7.71. The van der Waals surface area contributed by atoms with Gasteiger partial charge in [-0.15, -0.1) is 0 Å². The molecule has 0 amide bonds. The van der Waals surface area contributed by atoms with Gasteiger partial charge in [0.15, 0.2) is 17.0 Å². The molecule has 3 aliphatic rings. The van der Waals surface area contributed by atoms with Crippen molar-refractivity contribution in [2.24, 2.45) is 0 Å². The number of epoxide rings is 1. The van der Waals surface area contributed by atoms with Crippen LogP contribution < -0.4 is 0 Å². The number of carbonyl (C=O) groups excluding carboxylic acids is 3. The maximum Gasteiger partial charge on any atom is 0.308 e. The van der Waals surface area contributed by atoms with Crippen molar-refractivity contribution in [3.8, 4) is 5.75 Å². The molecule has 7 nitrogen and oxygen atoms in total. The van der Waals surface area contributed by atoms with E-state index in [-0.39, 0.29) is 35.5 Å². The van der Waals surface area contributed by atoms with Gasteiger partial charge in [-0.2, -0.15) is 0 Å². The number of ether oxygens (including phenoxy) is 3. The van der Waals surface area contributed by atoms with Crippen molar-refractivity contribution in [2.45, 2.75) is 43.2 Å². The van der Waals surface area contributed by atoms with E-state index < -0.39 is 35.2 Å². The highest BCUT2D eigenvalue weighted by Crippen LogP contribution is 2.63. The van der Waals surface area contributed by atoms with Crippen molar-refractivity contribution < 1.29 is 33.7 Å². The van der Waals surface area contributed by atoms with Gasteiger partial charge in [0.1, 0.15) is 5.75 Å². The molecule has 24 heavy (non-hydrogen) atoms. The number of phenols is 1. The molecule has 1 N–H and O–H groups in total. The van der Waals surface area contributed by atoms with Gasteiger partial charge >= 0.3 is 5.97 Å². The summed E-state index contributed by atoms with van der Waals surface area (Å²) in [5, 5.41) is 10.0. The molecule has 2 fully saturated rings. The van der Waals surface area contributed by atoms with E-state index in [2.05, 4.69) is 4.74 Å². The topological polar surface area (TPSA) is 102 Å². The third-order valence-corrected chi connectivity index (χ3v) is 5.22. The molecule has 1 aliphatic carbocycles. The summed E-state index contributed by atoms with van der Waals surface area (Å²) in [4.78, 5) is 37.5. The molecule has 4 atom stereocenters. The number of rotatable bonds is 2. The Hall–Kier alpha value is -2.25. The van der Waals surface area contributed by atoms with Crippen molar-refractivity contribution in [1.29, 1.82) is 0 Å². The Bertz CT molecular complexity index is 785. The van der Waals surface area contributed by atoms with Gasteiger partial charge in [0.05, 0.1) is 31.3 Å². The number of aromatic hydroxyl groups is 1. The number of hydrogen-bond acceptors (Lipinski definition) is 7. The third kappa shape index (κ3) is 1.61. The molecule has 126 valence electrons. The fraction of sp³-hybridized carbons (Fsp3) is 0.471. The third-order valence-electron chi connectivity index (χ3n) is 5.22. The van der Waals surface area contributed by atoms with E-state index in [0.29, 0.717) is 0 Å².